The van der Waals surface area contributed by atoms with Gasteiger partial charge in [0.15, 0.2) is 6.29 Å². The number of carbonyl (C=O) groups is 2. The van der Waals surface area contributed by atoms with Crippen molar-refractivity contribution in [2.24, 2.45) is 0 Å². The largest absolute Gasteiger partial charge is 0.355 e. The van der Waals surface area contributed by atoms with E-state index in [0.717, 1.165) is 6.54 Å². The van der Waals surface area contributed by atoms with Crippen LogP contribution in [0, 0.1) is 0 Å². The Morgan fingerprint density at radius 1 is 0.963 bits per heavy atom. The monoisotopic (exact) mass is 366 g/mol. The molecule has 2 amide bonds. The molecule has 2 unspecified atom stereocenters. The van der Waals surface area contributed by atoms with Gasteiger partial charge >= 0.3 is 0 Å². The molecule has 6 heteroatoms. The van der Waals surface area contributed by atoms with Gasteiger partial charge in [-0.1, -0.05) is 42.5 Å². The first-order valence-electron chi connectivity index (χ1n) is 9.05. The second kappa shape index (κ2) is 7.60. The highest BCUT2D eigenvalue weighted by Gasteiger charge is 2.38. The minimum atomic E-state index is -0.386. The predicted octanol–water partition coefficient (Wildman–Crippen LogP) is 2.16. The van der Waals surface area contributed by atoms with Gasteiger partial charge in [0, 0.05) is 26.7 Å². The molecular formula is C21H22N2O4. The van der Waals surface area contributed by atoms with Crippen molar-refractivity contribution in [1.29, 1.82) is 0 Å². The van der Waals surface area contributed by atoms with Gasteiger partial charge in [-0.2, -0.15) is 0 Å². The number of hydrogen-bond acceptors (Lipinski definition) is 5. The first-order valence-corrected chi connectivity index (χ1v) is 9.05. The van der Waals surface area contributed by atoms with E-state index in [1.807, 2.05) is 18.2 Å². The summed E-state index contributed by atoms with van der Waals surface area (Å²) in [7, 11) is 1.61. The van der Waals surface area contributed by atoms with Crippen molar-refractivity contribution in [3.63, 3.8) is 0 Å². The lowest BCUT2D eigenvalue weighted by Gasteiger charge is -2.38. The quantitative estimate of drug-likeness (QED) is 0.759. The molecule has 2 heterocycles. The molecule has 0 radical (unpaired) electrons. The zero-order valence-corrected chi connectivity index (χ0v) is 15.2. The average Bonchev–Trinajstić information content (AvgIpc) is 2.94. The summed E-state index contributed by atoms with van der Waals surface area (Å²) in [5, 5.41) is 0. The third kappa shape index (κ3) is 3.64. The summed E-state index contributed by atoms with van der Waals surface area (Å²) in [6.45, 7) is 2.26. The van der Waals surface area contributed by atoms with E-state index in [2.05, 4.69) is 17.0 Å². The molecule has 2 aliphatic rings. The lowest BCUT2D eigenvalue weighted by atomic mass is 10.1. The molecular weight excluding hydrogens is 344 g/mol. The van der Waals surface area contributed by atoms with E-state index >= 15 is 0 Å². The number of hydrogen-bond donors (Lipinski definition) is 0. The normalized spacial score (nSPS) is 22.9. The van der Waals surface area contributed by atoms with E-state index in [1.54, 1.807) is 31.4 Å². The molecule has 6 nitrogen and oxygen atoms in total. The van der Waals surface area contributed by atoms with Gasteiger partial charge in [-0.15, -0.1) is 0 Å². The van der Waals surface area contributed by atoms with E-state index in [0.29, 0.717) is 24.2 Å². The lowest BCUT2D eigenvalue weighted by molar-refractivity contribution is -0.200. The van der Waals surface area contributed by atoms with Gasteiger partial charge in [0.05, 0.1) is 23.8 Å². The Hall–Kier alpha value is -2.54. The van der Waals surface area contributed by atoms with E-state index < -0.39 is 0 Å². The Kier molecular flexibility index (Phi) is 5.03. The third-order valence-corrected chi connectivity index (χ3v) is 4.99. The van der Waals surface area contributed by atoms with Gasteiger partial charge < -0.3 is 9.47 Å². The fraction of sp³-hybridized carbons (Fsp3) is 0.333. The second-order valence-electron chi connectivity index (χ2n) is 6.87. The van der Waals surface area contributed by atoms with Crippen molar-refractivity contribution in [2.45, 2.75) is 18.9 Å². The van der Waals surface area contributed by atoms with Crippen LogP contribution in [0.25, 0.3) is 0 Å². The molecule has 0 N–H and O–H groups in total. The highest BCUT2D eigenvalue weighted by Crippen LogP contribution is 2.24. The molecule has 2 atom stereocenters. The number of ether oxygens (including phenoxy) is 2. The minimum absolute atomic E-state index is 0.220. The summed E-state index contributed by atoms with van der Waals surface area (Å²) < 4.78 is 11.4. The summed E-state index contributed by atoms with van der Waals surface area (Å²) in [6.07, 6.45) is -0.683. The van der Waals surface area contributed by atoms with Crippen LogP contribution in [0.1, 0.15) is 26.3 Å². The van der Waals surface area contributed by atoms with Crippen LogP contribution in [0.5, 0.6) is 0 Å². The van der Waals surface area contributed by atoms with Crippen molar-refractivity contribution in [3.05, 3.63) is 71.3 Å². The van der Waals surface area contributed by atoms with Crippen LogP contribution < -0.4 is 0 Å². The van der Waals surface area contributed by atoms with E-state index in [-0.39, 0.29) is 30.8 Å². The standard InChI is InChI=1S/C21H22N2O4/c1-26-19-14-22(11-15-7-3-2-4-8-15)12-16(27-19)13-23-20(24)17-9-5-6-10-18(17)21(23)25/h2-10,16,19H,11-14H2,1H3. The lowest BCUT2D eigenvalue weighted by Crippen LogP contribution is -2.52. The van der Waals surface area contributed by atoms with Gasteiger partial charge in [0.2, 0.25) is 0 Å². The van der Waals surface area contributed by atoms with Crippen LogP contribution in [0.15, 0.2) is 54.6 Å². The topological polar surface area (TPSA) is 59.1 Å². The molecule has 2 aromatic rings. The van der Waals surface area contributed by atoms with Gasteiger partial charge in [-0.05, 0) is 17.7 Å². The van der Waals surface area contributed by atoms with Crippen LogP contribution in [0.3, 0.4) is 0 Å². The molecule has 0 bridgehead atoms. The number of amides is 2. The number of benzene rings is 2. The predicted molar refractivity (Wildman–Crippen MR) is 99.2 cm³/mol. The number of imide groups is 1. The van der Waals surface area contributed by atoms with Crippen LogP contribution in [0.2, 0.25) is 0 Å². The molecule has 140 valence electrons. The molecule has 0 aliphatic carbocycles. The fourth-order valence-corrected chi connectivity index (χ4v) is 3.68. The maximum Gasteiger partial charge on any atom is 0.261 e. The Labute approximate surface area is 158 Å². The molecule has 1 fully saturated rings. The first-order chi connectivity index (χ1) is 13.2. The van der Waals surface area contributed by atoms with Gasteiger partial charge in [-0.25, -0.2) is 0 Å². The molecule has 0 spiro atoms. The molecule has 0 saturated carbocycles. The fourth-order valence-electron chi connectivity index (χ4n) is 3.68. The zero-order chi connectivity index (χ0) is 18.8. The molecule has 4 rings (SSSR count). The van der Waals surface area contributed by atoms with Crippen molar-refractivity contribution in [2.75, 3.05) is 26.7 Å². The van der Waals surface area contributed by atoms with Gasteiger partial charge in [-0.3, -0.25) is 19.4 Å². The number of fused-ring (bicyclic) bond motifs is 1. The van der Waals surface area contributed by atoms with E-state index in [4.69, 9.17) is 9.47 Å². The first kappa shape index (κ1) is 17.9. The average molecular weight is 366 g/mol. The Morgan fingerprint density at radius 2 is 1.59 bits per heavy atom. The summed E-state index contributed by atoms with van der Waals surface area (Å²) in [5.41, 5.74) is 2.12. The highest BCUT2D eigenvalue weighted by molar-refractivity contribution is 6.21. The van der Waals surface area contributed by atoms with Crippen LogP contribution in [-0.2, 0) is 16.0 Å². The number of carbonyl (C=O) groups excluding carboxylic acids is 2. The number of nitrogens with zero attached hydrogens (tertiary/aromatic N) is 2. The number of methoxy groups -OCH3 is 1. The highest BCUT2D eigenvalue weighted by atomic mass is 16.7. The maximum atomic E-state index is 12.6. The maximum absolute atomic E-state index is 12.6. The van der Waals surface area contributed by atoms with Crippen LogP contribution in [0.4, 0.5) is 0 Å². The zero-order valence-electron chi connectivity index (χ0n) is 15.2. The van der Waals surface area contributed by atoms with E-state index in [1.165, 1.54) is 10.5 Å². The van der Waals surface area contributed by atoms with Crippen molar-refractivity contribution >= 4 is 11.8 Å². The Balaban J connectivity index is 1.47. The molecule has 0 aromatic heterocycles. The van der Waals surface area contributed by atoms with Gasteiger partial charge in [0.25, 0.3) is 11.8 Å². The van der Waals surface area contributed by atoms with E-state index in [9.17, 15) is 9.59 Å². The third-order valence-electron chi connectivity index (χ3n) is 4.99. The van der Waals surface area contributed by atoms with Crippen molar-refractivity contribution in [1.82, 2.24) is 9.80 Å². The van der Waals surface area contributed by atoms with Crippen LogP contribution in [-0.4, -0.2) is 60.8 Å². The smallest absolute Gasteiger partial charge is 0.261 e. The van der Waals surface area contributed by atoms with Gasteiger partial charge in [0.1, 0.15) is 0 Å². The minimum Gasteiger partial charge on any atom is -0.355 e. The SMILES string of the molecule is COC1CN(Cc2ccccc2)CC(CN2C(=O)c3ccccc3C2=O)O1. The number of rotatable bonds is 5. The summed E-state index contributed by atoms with van der Waals surface area (Å²) in [4.78, 5) is 28.7. The molecule has 2 aliphatic heterocycles. The van der Waals surface area contributed by atoms with Crippen LogP contribution >= 0.6 is 0 Å². The molecule has 1 saturated heterocycles. The van der Waals surface area contributed by atoms with Crippen molar-refractivity contribution < 1.29 is 19.1 Å². The molecule has 2 aromatic carbocycles. The summed E-state index contributed by atoms with van der Waals surface area (Å²) in [6, 6.07) is 17.1. The van der Waals surface area contributed by atoms with Crippen molar-refractivity contribution in [3.8, 4) is 0 Å². The number of morpholine rings is 1. The Morgan fingerprint density at radius 3 is 2.22 bits per heavy atom. The summed E-state index contributed by atoms with van der Waals surface area (Å²) >= 11 is 0. The summed E-state index contributed by atoms with van der Waals surface area (Å²) in [5.74, 6) is -0.512. The molecule has 27 heavy (non-hydrogen) atoms. The second-order valence-corrected chi connectivity index (χ2v) is 6.87. The Bertz CT molecular complexity index is 804.